The van der Waals surface area contributed by atoms with E-state index in [0.717, 1.165) is 32.1 Å². The minimum Gasteiger partial charge on any atom is -0.394 e. The van der Waals surface area contributed by atoms with Crippen LogP contribution in [0.4, 0.5) is 0 Å². The van der Waals surface area contributed by atoms with Gasteiger partial charge in [0.25, 0.3) is 0 Å². The molecule has 9 heteroatoms. The highest BCUT2D eigenvalue weighted by atomic mass is 16.5. The maximum atomic E-state index is 13.3. The maximum Gasteiger partial charge on any atom is 0.222 e. The molecular formula is C43H85NO8. The Bertz CT molecular complexity index is 803. The summed E-state index contributed by atoms with van der Waals surface area (Å²) in [4.78, 5) is 14.9. The molecule has 9 nitrogen and oxygen atoms in total. The number of nitrogens with zero attached hydrogens (tertiary/aromatic N) is 1. The average Bonchev–Trinajstić information content (AvgIpc) is 3.14. The van der Waals surface area contributed by atoms with Crippen molar-refractivity contribution in [2.75, 3.05) is 39.5 Å². The average molecular weight is 744 g/mol. The Morgan fingerprint density at radius 3 is 1.58 bits per heavy atom. The SMILES string of the molecule is CCCCCCCCCCCCCCCCOCC(O)CN(CC[C@@]1(O)CO[C@H](CO)[C@@H](O)[C@@H]1O)C(=O)CCCCCCCCCCCCCCC. The molecule has 1 amide bonds. The van der Waals surface area contributed by atoms with E-state index in [2.05, 4.69) is 13.8 Å². The van der Waals surface area contributed by atoms with E-state index in [1.165, 1.54) is 141 Å². The standard InChI is InChI=1S/C43H85NO8/c1-3-5-7-9-11-13-15-17-19-21-23-25-27-29-33-51-36-38(46)34-44(32-31-43(50)37-52-39(35-45)41(48)42(43)49)40(47)30-28-26-24-22-20-18-16-14-12-10-8-6-4-2/h38-39,41-42,45-46,48-50H,3-37H2,1-2H3/t38?,39-,41-,42+,43-/m1/s1. The number of hydrogen-bond donors (Lipinski definition) is 5. The molecule has 1 saturated heterocycles. The van der Waals surface area contributed by atoms with Crippen LogP contribution in [0.2, 0.25) is 0 Å². The summed E-state index contributed by atoms with van der Waals surface area (Å²) in [5.41, 5.74) is -1.77. The Hall–Kier alpha value is -0.810. The molecule has 5 N–H and O–H groups in total. The van der Waals surface area contributed by atoms with E-state index < -0.39 is 36.6 Å². The quantitative estimate of drug-likeness (QED) is 0.0400. The Labute approximate surface area is 319 Å². The smallest absolute Gasteiger partial charge is 0.222 e. The molecule has 0 aromatic rings. The predicted molar refractivity (Wildman–Crippen MR) is 212 cm³/mol. The van der Waals surface area contributed by atoms with E-state index >= 15 is 0 Å². The van der Waals surface area contributed by atoms with Crippen molar-refractivity contribution in [3.8, 4) is 0 Å². The molecule has 0 radical (unpaired) electrons. The summed E-state index contributed by atoms with van der Waals surface area (Å²) in [5, 5.41) is 52.2. The summed E-state index contributed by atoms with van der Waals surface area (Å²) < 4.78 is 11.2. The van der Waals surface area contributed by atoms with E-state index in [4.69, 9.17) is 9.47 Å². The number of carbonyl (C=O) groups is 1. The van der Waals surface area contributed by atoms with Crippen LogP contribution < -0.4 is 0 Å². The third kappa shape index (κ3) is 24.6. The van der Waals surface area contributed by atoms with Crippen molar-refractivity contribution in [2.24, 2.45) is 0 Å². The molecule has 0 spiro atoms. The van der Waals surface area contributed by atoms with E-state index in [0.29, 0.717) is 13.0 Å². The van der Waals surface area contributed by atoms with E-state index in [1.807, 2.05) is 0 Å². The molecule has 310 valence electrons. The zero-order valence-corrected chi connectivity index (χ0v) is 34.0. The van der Waals surface area contributed by atoms with Gasteiger partial charge in [0.05, 0.1) is 25.9 Å². The Morgan fingerprint density at radius 1 is 0.712 bits per heavy atom. The van der Waals surface area contributed by atoms with Gasteiger partial charge in [0.1, 0.15) is 23.9 Å². The first-order valence-electron chi connectivity index (χ1n) is 22.1. The van der Waals surface area contributed by atoms with Crippen molar-refractivity contribution in [1.29, 1.82) is 0 Å². The maximum absolute atomic E-state index is 13.3. The lowest BCUT2D eigenvalue weighted by atomic mass is 9.85. The number of unbranched alkanes of at least 4 members (excludes halogenated alkanes) is 25. The molecule has 0 aromatic carbocycles. The number of aliphatic hydroxyl groups excluding tert-OH is 4. The van der Waals surface area contributed by atoms with Crippen molar-refractivity contribution in [3.05, 3.63) is 0 Å². The molecule has 1 heterocycles. The van der Waals surface area contributed by atoms with Gasteiger partial charge >= 0.3 is 0 Å². The summed E-state index contributed by atoms with van der Waals surface area (Å²) in [6, 6.07) is 0. The van der Waals surface area contributed by atoms with Crippen LogP contribution in [0, 0.1) is 0 Å². The van der Waals surface area contributed by atoms with E-state index in [-0.39, 0.29) is 38.6 Å². The third-order valence-electron chi connectivity index (χ3n) is 11.0. The monoisotopic (exact) mass is 744 g/mol. The summed E-state index contributed by atoms with van der Waals surface area (Å²) in [6.07, 6.45) is 29.6. The minimum atomic E-state index is -1.77. The number of amides is 1. The van der Waals surface area contributed by atoms with E-state index in [1.54, 1.807) is 4.90 Å². The number of rotatable bonds is 37. The van der Waals surface area contributed by atoms with Crippen molar-refractivity contribution < 1.29 is 39.8 Å². The van der Waals surface area contributed by atoms with Crippen LogP contribution in [-0.4, -0.2) is 106 Å². The molecule has 1 unspecified atom stereocenters. The van der Waals surface area contributed by atoms with Crippen LogP contribution in [-0.2, 0) is 14.3 Å². The highest BCUT2D eigenvalue weighted by molar-refractivity contribution is 5.76. The van der Waals surface area contributed by atoms with Gasteiger partial charge in [-0.2, -0.15) is 0 Å². The second-order valence-electron chi connectivity index (χ2n) is 16.0. The van der Waals surface area contributed by atoms with Crippen molar-refractivity contribution in [3.63, 3.8) is 0 Å². The fourth-order valence-electron chi connectivity index (χ4n) is 7.36. The highest BCUT2D eigenvalue weighted by Gasteiger charge is 2.48. The number of carbonyl (C=O) groups excluding carboxylic acids is 1. The predicted octanol–water partition coefficient (Wildman–Crippen LogP) is 8.39. The zero-order valence-electron chi connectivity index (χ0n) is 34.0. The molecular weight excluding hydrogens is 658 g/mol. The Morgan fingerprint density at radius 2 is 1.13 bits per heavy atom. The van der Waals surface area contributed by atoms with Gasteiger partial charge in [-0.3, -0.25) is 4.79 Å². The molecule has 0 aliphatic carbocycles. The van der Waals surface area contributed by atoms with Gasteiger partial charge in [0.15, 0.2) is 0 Å². The van der Waals surface area contributed by atoms with Crippen LogP contribution in [0.1, 0.15) is 200 Å². The second kappa shape index (κ2) is 33.5. The van der Waals surface area contributed by atoms with Gasteiger partial charge < -0.3 is 39.9 Å². The van der Waals surface area contributed by atoms with Gasteiger partial charge in [0.2, 0.25) is 5.91 Å². The highest BCUT2D eigenvalue weighted by Crippen LogP contribution is 2.28. The van der Waals surface area contributed by atoms with Crippen molar-refractivity contribution in [2.45, 2.75) is 230 Å². The molecule has 1 aliphatic heterocycles. The van der Waals surface area contributed by atoms with Gasteiger partial charge in [-0.15, -0.1) is 0 Å². The lowest BCUT2D eigenvalue weighted by molar-refractivity contribution is -0.242. The Balaban J connectivity index is 2.34. The largest absolute Gasteiger partial charge is 0.394 e. The molecule has 0 bridgehead atoms. The molecule has 52 heavy (non-hydrogen) atoms. The lowest BCUT2D eigenvalue weighted by Crippen LogP contribution is -2.62. The molecule has 1 fully saturated rings. The molecule has 0 aromatic heterocycles. The number of aliphatic hydroxyl groups is 5. The van der Waals surface area contributed by atoms with Gasteiger partial charge in [0, 0.05) is 26.1 Å². The third-order valence-corrected chi connectivity index (χ3v) is 11.0. The van der Waals surface area contributed by atoms with Crippen LogP contribution in [0.5, 0.6) is 0 Å². The fraction of sp³-hybridized carbons (Fsp3) is 0.977. The minimum absolute atomic E-state index is 0.0274. The van der Waals surface area contributed by atoms with Crippen LogP contribution in [0.25, 0.3) is 0 Å². The fourth-order valence-corrected chi connectivity index (χ4v) is 7.36. The first kappa shape index (κ1) is 49.2. The molecule has 1 rings (SSSR count). The van der Waals surface area contributed by atoms with Gasteiger partial charge in [-0.1, -0.05) is 174 Å². The number of ether oxygens (including phenoxy) is 2. The molecule has 1 aliphatic rings. The normalized spacial score (nSPS) is 21.1. The number of hydrogen-bond acceptors (Lipinski definition) is 8. The lowest BCUT2D eigenvalue weighted by Gasteiger charge is -2.43. The topological polar surface area (TPSA) is 140 Å². The van der Waals surface area contributed by atoms with Crippen LogP contribution >= 0.6 is 0 Å². The van der Waals surface area contributed by atoms with Crippen molar-refractivity contribution in [1.82, 2.24) is 4.90 Å². The molecule has 0 saturated carbocycles. The first-order chi connectivity index (χ1) is 25.3. The van der Waals surface area contributed by atoms with Crippen LogP contribution in [0.15, 0.2) is 0 Å². The molecule has 5 atom stereocenters. The van der Waals surface area contributed by atoms with Crippen LogP contribution in [0.3, 0.4) is 0 Å². The Kier molecular flexibility index (Phi) is 31.7. The van der Waals surface area contributed by atoms with Gasteiger partial charge in [-0.25, -0.2) is 0 Å². The van der Waals surface area contributed by atoms with Crippen molar-refractivity contribution >= 4 is 5.91 Å². The zero-order chi connectivity index (χ0) is 38.1. The summed E-state index contributed by atoms with van der Waals surface area (Å²) in [6.45, 7) is 4.67. The first-order valence-corrected chi connectivity index (χ1v) is 22.1. The van der Waals surface area contributed by atoms with E-state index in [9.17, 15) is 30.3 Å². The summed E-state index contributed by atoms with van der Waals surface area (Å²) >= 11 is 0. The summed E-state index contributed by atoms with van der Waals surface area (Å²) in [5.74, 6) is -0.0994. The second-order valence-corrected chi connectivity index (χ2v) is 16.0. The summed E-state index contributed by atoms with van der Waals surface area (Å²) in [7, 11) is 0. The van der Waals surface area contributed by atoms with Gasteiger partial charge in [-0.05, 0) is 19.3 Å².